The third-order valence-corrected chi connectivity index (χ3v) is 5.49. The first-order chi connectivity index (χ1) is 8.54. The molecule has 0 aliphatic heterocycles. The van der Waals surface area contributed by atoms with Gasteiger partial charge in [-0.05, 0) is 37.3 Å². The maximum atomic E-state index is 12.1. The maximum Gasteiger partial charge on any atom is 0.251 e. The molecule has 0 spiro atoms. The van der Waals surface area contributed by atoms with Crippen molar-refractivity contribution in [3.8, 4) is 0 Å². The number of amides is 1. The summed E-state index contributed by atoms with van der Waals surface area (Å²) in [6.07, 6.45) is 5.75. The van der Waals surface area contributed by atoms with E-state index in [-0.39, 0.29) is 10.7 Å². The molecule has 0 radical (unpaired) electrons. The highest BCUT2D eigenvalue weighted by atomic mass is 79.9. The Hall–Kier alpha value is -0.190. The van der Waals surface area contributed by atoms with Crippen molar-refractivity contribution in [1.29, 1.82) is 0 Å². The highest BCUT2D eigenvalue weighted by molar-refractivity contribution is 9.10. The van der Waals surface area contributed by atoms with Gasteiger partial charge in [-0.3, -0.25) is 4.79 Å². The van der Waals surface area contributed by atoms with Crippen molar-refractivity contribution in [1.82, 2.24) is 5.32 Å². The number of halogens is 2. The fourth-order valence-corrected chi connectivity index (χ4v) is 3.83. The van der Waals surface area contributed by atoms with Crippen molar-refractivity contribution in [3.63, 3.8) is 0 Å². The van der Waals surface area contributed by atoms with Crippen LogP contribution in [0.1, 0.15) is 29.6 Å². The summed E-state index contributed by atoms with van der Waals surface area (Å²) in [4.78, 5) is 12.1. The number of hydrogen-bond acceptors (Lipinski definition) is 2. The number of rotatable bonds is 4. The molecule has 1 amide bonds. The van der Waals surface area contributed by atoms with Gasteiger partial charge in [0.25, 0.3) is 5.91 Å². The normalized spacial score (nSPS) is 17.1. The van der Waals surface area contributed by atoms with Crippen molar-refractivity contribution in [3.05, 3.63) is 33.3 Å². The van der Waals surface area contributed by atoms with E-state index in [1.54, 1.807) is 18.2 Å². The lowest BCUT2D eigenvalue weighted by molar-refractivity contribution is 0.0944. The van der Waals surface area contributed by atoms with Crippen LogP contribution in [0.5, 0.6) is 0 Å². The van der Waals surface area contributed by atoms with E-state index >= 15 is 0 Å². The summed E-state index contributed by atoms with van der Waals surface area (Å²) in [6.45, 7) is 0.733. The van der Waals surface area contributed by atoms with E-state index < -0.39 is 0 Å². The van der Waals surface area contributed by atoms with Crippen LogP contribution in [0.3, 0.4) is 0 Å². The van der Waals surface area contributed by atoms with Crippen LogP contribution < -0.4 is 5.32 Å². The van der Waals surface area contributed by atoms with Crippen LogP contribution in [0.4, 0.5) is 0 Å². The van der Waals surface area contributed by atoms with Gasteiger partial charge in [-0.1, -0.05) is 34.0 Å². The standard InChI is InChI=1S/C13H15BrClNOS/c1-18-13(3-2-4-13)8-16-12(17)9-5-10(14)7-11(15)6-9/h5-7H,2-4,8H2,1H3,(H,16,17). The molecule has 1 saturated carbocycles. The number of benzene rings is 1. The van der Waals surface area contributed by atoms with E-state index in [0.717, 1.165) is 11.0 Å². The molecule has 1 fully saturated rings. The molecule has 1 aromatic carbocycles. The third kappa shape index (κ3) is 3.22. The smallest absolute Gasteiger partial charge is 0.251 e. The predicted octanol–water partition coefficient (Wildman–Crippen LogP) is 4.12. The highest BCUT2D eigenvalue weighted by Crippen LogP contribution is 2.42. The summed E-state index contributed by atoms with van der Waals surface area (Å²) in [7, 11) is 0. The van der Waals surface area contributed by atoms with E-state index in [1.165, 1.54) is 19.3 Å². The fraction of sp³-hybridized carbons (Fsp3) is 0.462. The summed E-state index contributed by atoms with van der Waals surface area (Å²) in [5, 5.41) is 3.58. The second-order valence-electron chi connectivity index (χ2n) is 4.58. The molecule has 0 unspecified atom stereocenters. The highest BCUT2D eigenvalue weighted by Gasteiger charge is 2.36. The minimum absolute atomic E-state index is 0.0569. The molecule has 98 valence electrons. The fourth-order valence-electron chi connectivity index (χ4n) is 2.05. The van der Waals surface area contributed by atoms with Gasteiger partial charge < -0.3 is 5.32 Å². The number of nitrogens with one attached hydrogen (secondary N) is 1. The SMILES string of the molecule is CSC1(CNC(=O)c2cc(Cl)cc(Br)c2)CCC1. The van der Waals surface area contributed by atoms with E-state index in [2.05, 4.69) is 27.5 Å². The molecule has 1 aliphatic carbocycles. The molecule has 18 heavy (non-hydrogen) atoms. The molecule has 2 nitrogen and oxygen atoms in total. The summed E-state index contributed by atoms with van der Waals surface area (Å²) in [5.41, 5.74) is 0.602. The molecule has 2 rings (SSSR count). The zero-order chi connectivity index (χ0) is 13.2. The van der Waals surface area contributed by atoms with Gasteiger partial charge in [0.1, 0.15) is 0 Å². The first-order valence-corrected chi connectivity index (χ1v) is 8.24. The van der Waals surface area contributed by atoms with Gasteiger partial charge in [0.05, 0.1) is 0 Å². The molecular formula is C13H15BrClNOS. The average molecular weight is 349 g/mol. The topological polar surface area (TPSA) is 29.1 Å². The van der Waals surface area contributed by atoms with Crippen molar-refractivity contribution in [2.45, 2.75) is 24.0 Å². The van der Waals surface area contributed by atoms with Crippen molar-refractivity contribution < 1.29 is 4.79 Å². The van der Waals surface area contributed by atoms with Gasteiger partial charge in [0.2, 0.25) is 0 Å². The van der Waals surface area contributed by atoms with Crippen molar-refractivity contribution in [2.24, 2.45) is 0 Å². The van der Waals surface area contributed by atoms with Gasteiger partial charge in [-0.2, -0.15) is 11.8 Å². The van der Waals surface area contributed by atoms with Crippen LogP contribution in [0.2, 0.25) is 5.02 Å². The molecule has 5 heteroatoms. The predicted molar refractivity (Wildman–Crippen MR) is 81.6 cm³/mol. The molecule has 0 atom stereocenters. The van der Waals surface area contributed by atoms with Crippen molar-refractivity contribution in [2.75, 3.05) is 12.8 Å². The zero-order valence-corrected chi connectivity index (χ0v) is 13.3. The number of carbonyl (C=O) groups excluding carboxylic acids is 1. The van der Waals surface area contributed by atoms with Crippen LogP contribution in [0.15, 0.2) is 22.7 Å². The molecular weight excluding hydrogens is 334 g/mol. The Labute approximate surface area is 125 Å². The second-order valence-corrected chi connectivity index (χ2v) is 7.21. The van der Waals surface area contributed by atoms with Crippen LogP contribution in [0, 0.1) is 0 Å². The van der Waals surface area contributed by atoms with Gasteiger partial charge in [0.15, 0.2) is 0 Å². The van der Waals surface area contributed by atoms with E-state index in [0.29, 0.717) is 10.6 Å². The maximum absolute atomic E-state index is 12.1. The Morgan fingerprint density at radius 1 is 1.50 bits per heavy atom. The third-order valence-electron chi connectivity index (χ3n) is 3.39. The molecule has 0 heterocycles. The number of carbonyl (C=O) groups is 1. The Morgan fingerprint density at radius 3 is 2.72 bits per heavy atom. The lowest BCUT2D eigenvalue weighted by Crippen LogP contribution is -2.45. The van der Waals surface area contributed by atoms with E-state index in [1.807, 2.05) is 11.8 Å². The van der Waals surface area contributed by atoms with Gasteiger partial charge in [0, 0.05) is 26.4 Å². The van der Waals surface area contributed by atoms with Crippen LogP contribution in [0.25, 0.3) is 0 Å². The monoisotopic (exact) mass is 347 g/mol. The van der Waals surface area contributed by atoms with Crippen LogP contribution in [-0.2, 0) is 0 Å². The minimum Gasteiger partial charge on any atom is -0.351 e. The Morgan fingerprint density at radius 2 is 2.22 bits per heavy atom. The lowest BCUT2D eigenvalue weighted by atomic mass is 9.84. The minimum atomic E-state index is -0.0569. The number of thioether (sulfide) groups is 1. The van der Waals surface area contributed by atoms with Crippen LogP contribution >= 0.6 is 39.3 Å². The lowest BCUT2D eigenvalue weighted by Gasteiger charge is -2.40. The summed E-state index contributed by atoms with van der Waals surface area (Å²) in [6, 6.07) is 5.25. The molecule has 1 aliphatic rings. The largest absolute Gasteiger partial charge is 0.351 e. The van der Waals surface area contributed by atoms with Crippen molar-refractivity contribution >= 4 is 45.2 Å². The Kier molecular flexibility index (Phi) is 4.62. The van der Waals surface area contributed by atoms with E-state index in [4.69, 9.17) is 11.6 Å². The van der Waals surface area contributed by atoms with E-state index in [9.17, 15) is 4.79 Å². The molecule has 1 aromatic rings. The summed E-state index contributed by atoms with van der Waals surface area (Å²) >= 11 is 11.1. The molecule has 0 saturated heterocycles. The second kappa shape index (κ2) is 5.85. The molecule has 0 aromatic heterocycles. The first-order valence-electron chi connectivity index (χ1n) is 5.84. The molecule has 1 N–H and O–H groups in total. The first kappa shape index (κ1) is 14.2. The Bertz CT molecular complexity index is 437. The number of hydrogen-bond donors (Lipinski definition) is 1. The van der Waals surface area contributed by atoms with Gasteiger partial charge in [-0.15, -0.1) is 0 Å². The zero-order valence-electron chi connectivity index (χ0n) is 10.1. The quantitative estimate of drug-likeness (QED) is 0.887. The average Bonchev–Trinajstić information content (AvgIpc) is 2.26. The summed E-state index contributed by atoms with van der Waals surface area (Å²) < 4.78 is 1.08. The Balaban J connectivity index is 1.99. The van der Waals surface area contributed by atoms with Crippen LogP contribution in [-0.4, -0.2) is 23.5 Å². The van der Waals surface area contributed by atoms with Gasteiger partial charge in [-0.25, -0.2) is 0 Å². The van der Waals surface area contributed by atoms with Gasteiger partial charge >= 0.3 is 0 Å². The summed E-state index contributed by atoms with van der Waals surface area (Å²) in [5.74, 6) is -0.0569. The molecule has 0 bridgehead atoms.